The Morgan fingerprint density at radius 1 is 1.12 bits per heavy atom. The number of nitrogens with one attached hydrogen (secondary N) is 2. The smallest absolute Gasteiger partial charge is 0.257 e. The molecule has 1 saturated heterocycles. The first-order chi connectivity index (χ1) is 15.4. The van der Waals surface area contributed by atoms with Gasteiger partial charge in [0.2, 0.25) is 11.8 Å². The molecule has 1 aromatic rings. The molecule has 8 nitrogen and oxygen atoms in total. The molecule has 0 unspecified atom stereocenters. The molecule has 174 valence electrons. The van der Waals surface area contributed by atoms with Crippen molar-refractivity contribution in [2.45, 2.75) is 82.6 Å². The summed E-state index contributed by atoms with van der Waals surface area (Å²) in [6, 6.07) is 5.23. The zero-order valence-corrected chi connectivity index (χ0v) is 18.9. The first-order valence-corrected chi connectivity index (χ1v) is 11.7. The predicted octanol–water partition coefficient (Wildman–Crippen LogP) is 2.86. The van der Waals surface area contributed by atoms with Crippen LogP contribution in [0, 0.1) is 0 Å². The van der Waals surface area contributed by atoms with Gasteiger partial charge in [0.1, 0.15) is 18.5 Å². The lowest BCUT2D eigenvalue weighted by atomic mass is 9.93. The van der Waals surface area contributed by atoms with Gasteiger partial charge < -0.3 is 25.0 Å². The summed E-state index contributed by atoms with van der Waals surface area (Å²) in [4.78, 5) is 38.8. The van der Waals surface area contributed by atoms with E-state index in [1.54, 1.807) is 30.1 Å². The van der Waals surface area contributed by atoms with Crippen LogP contribution in [0.25, 0.3) is 0 Å². The summed E-state index contributed by atoms with van der Waals surface area (Å²) in [6.45, 7) is 1.73. The second-order valence-electron chi connectivity index (χ2n) is 9.17. The molecular weight excluding hydrogens is 410 g/mol. The van der Waals surface area contributed by atoms with Crippen molar-refractivity contribution >= 4 is 23.4 Å². The highest BCUT2D eigenvalue weighted by Gasteiger charge is 2.39. The van der Waals surface area contributed by atoms with Gasteiger partial charge in [0.05, 0.1) is 24.1 Å². The van der Waals surface area contributed by atoms with Crippen molar-refractivity contribution in [3.63, 3.8) is 0 Å². The molecule has 2 aliphatic heterocycles. The van der Waals surface area contributed by atoms with E-state index in [4.69, 9.17) is 9.47 Å². The van der Waals surface area contributed by atoms with Gasteiger partial charge >= 0.3 is 0 Å². The normalized spacial score (nSPS) is 26.1. The highest BCUT2D eigenvalue weighted by Crippen LogP contribution is 2.32. The Morgan fingerprint density at radius 2 is 1.91 bits per heavy atom. The van der Waals surface area contributed by atoms with Crippen molar-refractivity contribution in [2.24, 2.45) is 0 Å². The second-order valence-corrected chi connectivity index (χ2v) is 9.17. The summed E-state index contributed by atoms with van der Waals surface area (Å²) in [5.41, 5.74) is 0.980. The van der Waals surface area contributed by atoms with E-state index in [-0.39, 0.29) is 36.0 Å². The van der Waals surface area contributed by atoms with Crippen LogP contribution in [0.5, 0.6) is 5.75 Å². The number of anilines is 1. The molecule has 3 amide bonds. The summed E-state index contributed by atoms with van der Waals surface area (Å²) >= 11 is 0. The van der Waals surface area contributed by atoms with Gasteiger partial charge in [0.15, 0.2) is 0 Å². The number of ether oxygens (including phenoxy) is 2. The molecule has 3 aliphatic rings. The van der Waals surface area contributed by atoms with Crippen molar-refractivity contribution < 1.29 is 23.9 Å². The molecular formula is C24H33N3O5. The highest BCUT2D eigenvalue weighted by molar-refractivity contribution is 5.99. The standard InChI is InChI=1S/C24H33N3O5/c1-15(28)25-17-8-11-21-19(12-17)24(30)27(2)20-10-9-18(32-22(20)14-31-21)13-23(29)26-16-6-4-3-5-7-16/h8,11-12,16,18,20,22H,3-7,9-10,13-14H2,1-2H3,(H,25,28)(H,26,29)/t18-,20+,22-/m0/s1. The van der Waals surface area contributed by atoms with E-state index in [1.807, 2.05) is 0 Å². The zero-order valence-electron chi connectivity index (χ0n) is 18.9. The molecule has 0 bridgehead atoms. The number of hydrogen-bond donors (Lipinski definition) is 2. The topological polar surface area (TPSA) is 97.0 Å². The maximum absolute atomic E-state index is 13.2. The number of carbonyl (C=O) groups excluding carboxylic acids is 3. The quantitative estimate of drug-likeness (QED) is 0.746. The summed E-state index contributed by atoms with van der Waals surface area (Å²) in [6.07, 6.45) is 7.08. The van der Waals surface area contributed by atoms with Crippen LogP contribution >= 0.6 is 0 Å². The summed E-state index contributed by atoms with van der Waals surface area (Å²) in [5, 5.41) is 5.87. The molecule has 2 heterocycles. The van der Waals surface area contributed by atoms with Crippen LogP contribution in [0.15, 0.2) is 18.2 Å². The Morgan fingerprint density at radius 3 is 2.66 bits per heavy atom. The SMILES string of the molecule is CC(=O)Nc1ccc2c(c1)C(=O)N(C)[C@@H]1CC[C@@H](CC(=O)NC3CCCCC3)O[C@H]1CO2. The van der Waals surface area contributed by atoms with Crippen molar-refractivity contribution in [1.82, 2.24) is 10.2 Å². The number of likely N-dealkylation sites (N-methyl/N-ethyl adjacent to an activating group) is 1. The van der Waals surface area contributed by atoms with E-state index < -0.39 is 0 Å². The predicted molar refractivity (Wildman–Crippen MR) is 120 cm³/mol. The van der Waals surface area contributed by atoms with Crippen LogP contribution in [-0.2, 0) is 14.3 Å². The average molecular weight is 444 g/mol. The molecule has 2 N–H and O–H groups in total. The van der Waals surface area contributed by atoms with E-state index in [0.29, 0.717) is 36.1 Å². The molecule has 8 heteroatoms. The number of carbonyl (C=O) groups is 3. The van der Waals surface area contributed by atoms with Gasteiger partial charge in [-0.25, -0.2) is 0 Å². The molecule has 1 saturated carbocycles. The van der Waals surface area contributed by atoms with Crippen LogP contribution in [0.2, 0.25) is 0 Å². The van der Waals surface area contributed by atoms with E-state index in [9.17, 15) is 14.4 Å². The summed E-state index contributed by atoms with van der Waals surface area (Å²) in [7, 11) is 1.78. The number of hydrogen-bond acceptors (Lipinski definition) is 5. The molecule has 0 radical (unpaired) electrons. The monoisotopic (exact) mass is 443 g/mol. The van der Waals surface area contributed by atoms with Crippen molar-refractivity contribution in [3.05, 3.63) is 23.8 Å². The fourth-order valence-corrected chi connectivity index (χ4v) is 5.05. The van der Waals surface area contributed by atoms with Crippen LogP contribution in [0.3, 0.4) is 0 Å². The molecule has 4 rings (SSSR count). The molecule has 0 spiro atoms. The Hall–Kier alpha value is -2.61. The van der Waals surface area contributed by atoms with Gasteiger partial charge in [-0.2, -0.15) is 0 Å². The van der Waals surface area contributed by atoms with E-state index >= 15 is 0 Å². The van der Waals surface area contributed by atoms with Crippen LogP contribution in [0.4, 0.5) is 5.69 Å². The summed E-state index contributed by atoms with van der Waals surface area (Å²) < 4.78 is 12.2. The molecule has 1 aliphatic carbocycles. The Labute approximate surface area is 189 Å². The van der Waals surface area contributed by atoms with Crippen LogP contribution in [-0.4, -0.2) is 60.6 Å². The first kappa shape index (κ1) is 22.6. The number of benzene rings is 1. The minimum absolute atomic E-state index is 0.0485. The molecule has 1 aromatic carbocycles. The van der Waals surface area contributed by atoms with Crippen molar-refractivity contribution in [2.75, 3.05) is 19.0 Å². The number of fused-ring (bicyclic) bond motifs is 2. The van der Waals surface area contributed by atoms with E-state index in [0.717, 1.165) is 25.7 Å². The zero-order chi connectivity index (χ0) is 22.7. The van der Waals surface area contributed by atoms with Gasteiger partial charge in [0.25, 0.3) is 5.91 Å². The fraction of sp³-hybridized carbons (Fsp3) is 0.625. The van der Waals surface area contributed by atoms with Gasteiger partial charge in [-0.15, -0.1) is 0 Å². The third kappa shape index (κ3) is 5.23. The number of amides is 3. The fourth-order valence-electron chi connectivity index (χ4n) is 5.05. The van der Waals surface area contributed by atoms with Gasteiger partial charge in [0, 0.05) is 25.7 Å². The third-order valence-electron chi connectivity index (χ3n) is 6.72. The Kier molecular flexibility index (Phi) is 6.98. The van der Waals surface area contributed by atoms with Crippen LogP contribution < -0.4 is 15.4 Å². The second kappa shape index (κ2) is 9.90. The van der Waals surface area contributed by atoms with Crippen LogP contribution in [0.1, 0.15) is 68.6 Å². The Balaban J connectivity index is 1.40. The lowest BCUT2D eigenvalue weighted by Crippen LogP contribution is -2.54. The largest absolute Gasteiger partial charge is 0.490 e. The maximum Gasteiger partial charge on any atom is 0.257 e. The van der Waals surface area contributed by atoms with Crippen molar-refractivity contribution in [1.29, 1.82) is 0 Å². The highest BCUT2D eigenvalue weighted by atomic mass is 16.5. The molecule has 0 aromatic heterocycles. The van der Waals surface area contributed by atoms with E-state index in [2.05, 4.69) is 10.6 Å². The van der Waals surface area contributed by atoms with Gasteiger partial charge in [-0.3, -0.25) is 14.4 Å². The molecule has 32 heavy (non-hydrogen) atoms. The average Bonchev–Trinajstić information content (AvgIpc) is 2.77. The first-order valence-electron chi connectivity index (χ1n) is 11.7. The third-order valence-corrected chi connectivity index (χ3v) is 6.72. The van der Waals surface area contributed by atoms with Gasteiger partial charge in [-0.1, -0.05) is 19.3 Å². The number of nitrogens with zero attached hydrogens (tertiary/aromatic N) is 1. The molecule has 3 atom stereocenters. The minimum atomic E-state index is -0.298. The molecule has 2 fully saturated rings. The lowest BCUT2D eigenvalue weighted by Gasteiger charge is -2.42. The summed E-state index contributed by atoms with van der Waals surface area (Å²) in [5.74, 6) is 0.151. The number of rotatable bonds is 4. The van der Waals surface area contributed by atoms with Gasteiger partial charge in [-0.05, 0) is 43.9 Å². The Bertz CT molecular complexity index is 867. The lowest BCUT2D eigenvalue weighted by molar-refractivity contribution is -0.134. The maximum atomic E-state index is 13.2. The van der Waals surface area contributed by atoms with Crippen molar-refractivity contribution in [3.8, 4) is 5.75 Å². The van der Waals surface area contributed by atoms with E-state index in [1.165, 1.54) is 26.2 Å². The minimum Gasteiger partial charge on any atom is -0.490 e.